The first-order valence-corrected chi connectivity index (χ1v) is 6.10. The summed E-state index contributed by atoms with van der Waals surface area (Å²) < 4.78 is 13.8. The second-order valence-electron chi connectivity index (χ2n) is 4.44. The summed E-state index contributed by atoms with van der Waals surface area (Å²) in [5, 5.41) is 2.54. The van der Waals surface area contributed by atoms with E-state index in [1.165, 1.54) is 6.07 Å². The first-order chi connectivity index (χ1) is 8.32. The molecule has 0 aliphatic rings. The van der Waals surface area contributed by atoms with Crippen LogP contribution in [-0.4, -0.2) is 10.9 Å². The number of nitrogens with two attached hydrogens (primary N) is 1. The molecule has 1 rings (SSSR count). The molecule has 5 heteroatoms. The molecule has 0 fully saturated rings. The lowest BCUT2D eigenvalue weighted by molar-refractivity contribution is -0.121. The van der Waals surface area contributed by atoms with Gasteiger partial charge in [-0.1, -0.05) is 31.3 Å². The Hall–Kier alpha value is -1.49. The minimum absolute atomic E-state index is 0.107. The van der Waals surface area contributed by atoms with E-state index in [9.17, 15) is 9.18 Å². The number of carbonyl (C=O) groups is 1. The summed E-state index contributed by atoms with van der Waals surface area (Å²) >= 11 is 4.90. The van der Waals surface area contributed by atoms with Crippen molar-refractivity contribution in [3.8, 4) is 0 Å². The van der Waals surface area contributed by atoms with Crippen LogP contribution in [0.1, 0.15) is 25.8 Å². The van der Waals surface area contributed by atoms with E-state index in [0.717, 1.165) is 0 Å². The van der Waals surface area contributed by atoms with Crippen molar-refractivity contribution in [1.82, 2.24) is 0 Å². The Morgan fingerprint density at radius 1 is 1.56 bits per heavy atom. The zero-order chi connectivity index (χ0) is 13.9. The summed E-state index contributed by atoms with van der Waals surface area (Å²) in [5.74, 6) is -0.825. The Morgan fingerprint density at radius 2 is 2.17 bits per heavy atom. The molecule has 98 valence electrons. The molecule has 0 radical (unpaired) electrons. The number of hydrogen-bond donors (Lipinski definition) is 2. The van der Waals surface area contributed by atoms with Crippen LogP contribution >= 0.6 is 12.2 Å². The second-order valence-corrected chi connectivity index (χ2v) is 4.88. The van der Waals surface area contributed by atoms with Crippen molar-refractivity contribution in [3.05, 3.63) is 29.6 Å². The van der Waals surface area contributed by atoms with Gasteiger partial charge in [0.15, 0.2) is 0 Å². The summed E-state index contributed by atoms with van der Waals surface area (Å²) in [6.45, 7) is 5.10. The molecule has 0 aliphatic heterocycles. The zero-order valence-electron chi connectivity index (χ0n) is 10.7. The number of hydrogen-bond acceptors (Lipinski definition) is 2. The van der Waals surface area contributed by atoms with Gasteiger partial charge in [-0.3, -0.25) is 4.79 Å². The number of rotatable bonds is 4. The number of anilines is 1. The number of nitrogens with one attached hydrogen (secondary N) is 1. The lowest BCUT2D eigenvalue weighted by Crippen LogP contribution is -2.43. The van der Waals surface area contributed by atoms with E-state index < -0.39 is 11.2 Å². The lowest BCUT2D eigenvalue weighted by atomic mass is 9.86. The van der Waals surface area contributed by atoms with E-state index in [4.69, 9.17) is 18.0 Å². The molecular weight excluding hydrogens is 251 g/mol. The van der Waals surface area contributed by atoms with Crippen LogP contribution < -0.4 is 11.1 Å². The Bertz CT molecular complexity index is 490. The number of thiocarbonyl (C=S) groups is 1. The minimum atomic E-state index is -0.967. The Balaban J connectivity index is 3.01. The van der Waals surface area contributed by atoms with Crippen molar-refractivity contribution in [1.29, 1.82) is 0 Å². The van der Waals surface area contributed by atoms with Crippen molar-refractivity contribution >= 4 is 28.8 Å². The normalized spacial score (nSPS) is 13.8. The number of amides is 1. The maximum absolute atomic E-state index is 13.8. The lowest BCUT2D eigenvalue weighted by Gasteiger charge is -2.25. The number of aryl methyl sites for hydroxylation is 1. The minimum Gasteiger partial charge on any atom is -0.392 e. The molecule has 0 bridgehead atoms. The van der Waals surface area contributed by atoms with Crippen LogP contribution in [0.5, 0.6) is 0 Å². The maximum atomic E-state index is 13.8. The van der Waals surface area contributed by atoms with Crippen molar-refractivity contribution in [2.75, 3.05) is 5.32 Å². The number of carbonyl (C=O) groups excluding carboxylic acids is 1. The molecule has 0 heterocycles. The predicted molar refractivity (Wildman–Crippen MR) is 75.0 cm³/mol. The van der Waals surface area contributed by atoms with Gasteiger partial charge >= 0.3 is 0 Å². The molecule has 0 saturated heterocycles. The van der Waals surface area contributed by atoms with Crippen molar-refractivity contribution < 1.29 is 9.18 Å². The van der Waals surface area contributed by atoms with E-state index in [1.54, 1.807) is 26.0 Å². The highest BCUT2D eigenvalue weighted by molar-refractivity contribution is 7.80. The summed E-state index contributed by atoms with van der Waals surface area (Å²) in [6.07, 6.45) is 0.460. The van der Waals surface area contributed by atoms with E-state index >= 15 is 0 Å². The van der Waals surface area contributed by atoms with Gasteiger partial charge in [0.2, 0.25) is 5.91 Å². The second kappa shape index (κ2) is 5.44. The fourth-order valence-electron chi connectivity index (χ4n) is 1.45. The van der Waals surface area contributed by atoms with Gasteiger partial charge in [-0.15, -0.1) is 0 Å². The monoisotopic (exact) mass is 268 g/mol. The van der Waals surface area contributed by atoms with Crippen molar-refractivity contribution in [2.24, 2.45) is 11.1 Å². The molecule has 1 amide bonds. The van der Waals surface area contributed by atoms with Crippen LogP contribution in [0.15, 0.2) is 18.2 Å². The summed E-state index contributed by atoms with van der Waals surface area (Å²) in [5.41, 5.74) is 5.24. The smallest absolute Gasteiger partial charge is 0.237 e. The molecule has 18 heavy (non-hydrogen) atoms. The van der Waals surface area contributed by atoms with E-state index in [-0.39, 0.29) is 16.6 Å². The van der Waals surface area contributed by atoms with Gasteiger partial charge in [0.05, 0.1) is 16.1 Å². The van der Waals surface area contributed by atoms with Crippen LogP contribution in [0, 0.1) is 18.2 Å². The number of halogens is 1. The molecule has 0 saturated carbocycles. The van der Waals surface area contributed by atoms with Crippen LogP contribution in [0.3, 0.4) is 0 Å². The fourth-order valence-corrected chi connectivity index (χ4v) is 1.69. The first kappa shape index (κ1) is 14.6. The molecule has 0 aliphatic carbocycles. The largest absolute Gasteiger partial charge is 0.392 e. The molecule has 0 aromatic heterocycles. The Morgan fingerprint density at radius 3 is 2.67 bits per heavy atom. The summed E-state index contributed by atoms with van der Waals surface area (Å²) in [6, 6.07) is 4.82. The molecule has 1 atom stereocenters. The van der Waals surface area contributed by atoms with Gasteiger partial charge in [0, 0.05) is 0 Å². The third kappa shape index (κ3) is 2.67. The molecule has 1 aromatic carbocycles. The van der Waals surface area contributed by atoms with Gasteiger partial charge < -0.3 is 11.1 Å². The average molecular weight is 268 g/mol. The van der Waals surface area contributed by atoms with Gasteiger partial charge in [0.25, 0.3) is 0 Å². The zero-order valence-corrected chi connectivity index (χ0v) is 11.5. The molecule has 3 N–H and O–H groups in total. The third-order valence-corrected chi connectivity index (χ3v) is 3.64. The highest BCUT2D eigenvalue weighted by atomic mass is 32.1. The van der Waals surface area contributed by atoms with Gasteiger partial charge in [-0.25, -0.2) is 4.39 Å². The van der Waals surface area contributed by atoms with E-state index in [1.807, 2.05) is 6.92 Å². The third-order valence-electron chi connectivity index (χ3n) is 3.19. The Labute approximate surface area is 112 Å². The van der Waals surface area contributed by atoms with Crippen molar-refractivity contribution in [2.45, 2.75) is 27.2 Å². The van der Waals surface area contributed by atoms with E-state index in [0.29, 0.717) is 12.0 Å². The van der Waals surface area contributed by atoms with Gasteiger partial charge in [0.1, 0.15) is 5.82 Å². The standard InChI is InChI=1S/C13H17FN2OS/c1-4-13(3,11(15)18)12(17)16-9-7-5-6-8(2)10(9)14/h5-7H,4H2,1-3H3,(H2,15,18)(H,16,17). The van der Waals surface area contributed by atoms with Crippen molar-refractivity contribution in [3.63, 3.8) is 0 Å². The SMILES string of the molecule is CCC(C)(C(=O)Nc1cccc(C)c1F)C(N)=S. The number of benzene rings is 1. The molecule has 0 spiro atoms. The molecule has 1 unspecified atom stereocenters. The molecule has 3 nitrogen and oxygen atoms in total. The molecular formula is C13H17FN2OS. The van der Waals surface area contributed by atoms with Crippen LogP contribution in [-0.2, 0) is 4.79 Å². The summed E-state index contributed by atoms with van der Waals surface area (Å²) in [7, 11) is 0. The Kier molecular flexibility index (Phi) is 4.40. The highest BCUT2D eigenvalue weighted by Gasteiger charge is 2.34. The topological polar surface area (TPSA) is 55.1 Å². The van der Waals surface area contributed by atoms with Crippen LogP contribution in [0.25, 0.3) is 0 Å². The quantitative estimate of drug-likeness (QED) is 0.826. The maximum Gasteiger partial charge on any atom is 0.237 e. The van der Waals surface area contributed by atoms with Gasteiger partial charge in [-0.2, -0.15) is 0 Å². The molecule has 1 aromatic rings. The summed E-state index contributed by atoms with van der Waals surface area (Å²) in [4.78, 5) is 12.2. The predicted octanol–water partition coefficient (Wildman–Crippen LogP) is 2.78. The van der Waals surface area contributed by atoms with Gasteiger partial charge in [-0.05, 0) is 31.9 Å². The first-order valence-electron chi connectivity index (χ1n) is 5.69. The van der Waals surface area contributed by atoms with Crippen LogP contribution in [0.2, 0.25) is 0 Å². The highest BCUT2D eigenvalue weighted by Crippen LogP contribution is 2.25. The average Bonchev–Trinajstić information content (AvgIpc) is 2.33. The van der Waals surface area contributed by atoms with E-state index in [2.05, 4.69) is 5.32 Å². The van der Waals surface area contributed by atoms with Crippen LogP contribution in [0.4, 0.5) is 10.1 Å². The fraction of sp³-hybridized carbons (Fsp3) is 0.385.